The lowest BCUT2D eigenvalue weighted by atomic mass is 10.2. The highest BCUT2D eigenvalue weighted by Gasteiger charge is 2.16. The van der Waals surface area contributed by atoms with Crippen molar-refractivity contribution >= 4 is 29.3 Å². The Hall–Kier alpha value is -2.34. The molecule has 1 unspecified atom stereocenters. The zero-order chi connectivity index (χ0) is 18.8. The van der Waals surface area contributed by atoms with E-state index in [4.69, 9.17) is 4.74 Å². The molecule has 138 valence electrons. The fourth-order valence-electron chi connectivity index (χ4n) is 2.22. The average Bonchev–Trinajstić information content (AvgIpc) is 2.66. The first kappa shape index (κ1) is 20.0. The molecule has 0 radical (unpaired) electrons. The number of carbonyl (C=O) groups is 2. The average molecular weight is 372 g/mol. The molecule has 1 aromatic heterocycles. The number of esters is 1. The molecule has 1 heterocycles. The van der Waals surface area contributed by atoms with E-state index in [9.17, 15) is 9.59 Å². The van der Waals surface area contributed by atoms with Crippen molar-refractivity contribution in [1.29, 1.82) is 0 Å². The van der Waals surface area contributed by atoms with E-state index in [1.807, 2.05) is 49.5 Å². The molecule has 1 atom stereocenters. The van der Waals surface area contributed by atoms with Crippen LogP contribution >= 0.6 is 11.8 Å². The maximum atomic E-state index is 12.0. The maximum Gasteiger partial charge on any atom is 0.318 e. The number of aryl methyl sites for hydroxylation is 2. The monoisotopic (exact) mass is 372 g/mol. The van der Waals surface area contributed by atoms with E-state index in [1.165, 1.54) is 11.8 Å². The summed E-state index contributed by atoms with van der Waals surface area (Å²) >= 11 is 1.27. The van der Waals surface area contributed by atoms with Crippen molar-refractivity contribution in [3.8, 4) is 0 Å². The van der Waals surface area contributed by atoms with Crippen LogP contribution in [0.25, 0.3) is 0 Å². The first-order valence-electron chi connectivity index (χ1n) is 8.58. The zero-order valence-electron chi connectivity index (χ0n) is 15.1. The Morgan fingerprint density at radius 1 is 1.23 bits per heavy atom. The smallest absolute Gasteiger partial charge is 0.318 e. The van der Waals surface area contributed by atoms with E-state index >= 15 is 0 Å². The minimum Gasteiger partial charge on any atom is -0.465 e. The van der Waals surface area contributed by atoms with Crippen molar-refractivity contribution in [2.75, 3.05) is 17.7 Å². The number of ether oxygens (including phenoxy) is 1. The molecule has 1 N–H and O–H groups in total. The van der Waals surface area contributed by atoms with Gasteiger partial charge < -0.3 is 10.1 Å². The van der Waals surface area contributed by atoms with Crippen LogP contribution in [0.2, 0.25) is 0 Å². The summed E-state index contributed by atoms with van der Waals surface area (Å²) in [6.45, 7) is 4.12. The van der Waals surface area contributed by atoms with Crippen LogP contribution in [0.1, 0.15) is 24.5 Å². The minimum absolute atomic E-state index is 0.130. The number of pyridine rings is 1. The molecule has 0 saturated carbocycles. The molecule has 1 amide bonds. The molecule has 1 aromatic carbocycles. The van der Waals surface area contributed by atoms with Gasteiger partial charge in [0.15, 0.2) is 0 Å². The Morgan fingerprint density at radius 2 is 2.00 bits per heavy atom. The van der Waals surface area contributed by atoms with E-state index in [0.717, 1.165) is 29.7 Å². The number of thioether (sulfide) groups is 1. The van der Waals surface area contributed by atoms with Crippen LogP contribution in [0.5, 0.6) is 0 Å². The summed E-state index contributed by atoms with van der Waals surface area (Å²) in [5.41, 5.74) is 3.02. The number of amides is 1. The molecular formula is C20H24N2O3S. The van der Waals surface area contributed by atoms with E-state index in [1.54, 1.807) is 13.1 Å². The topological polar surface area (TPSA) is 68.3 Å². The lowest BCUT2D eigenvalue weighted by Gasteiger charge is -2.11. The molecular weight excluding hydrogens is 348 g/mol. The van der Waals surface area contributed by atoms with Crippen LogP contribution in [0.15, 0.2) is 48.8 Å². The van der Waals surface area contributed by atoms with E-state index in [-0.39, 0.29) is 22.9 Å². The summed E-state index contributed by atoms with van der Waals surface area (Å²) in [5.74, 6) is -0.209. The summed E-state index contributed by atoms with van der Waals surface area (Å²) in [6.07, 6.45) is 5.12. The normalized spacial score (nSPS) is 11.6. The lowest BCUT2D eigenvalue weighted by Crippen LogP contribution is -2.21. The molecule has 0 aliphatic rings. The van der Waals surface area contributed by atoms with E-state index in [0.29, 0.717) is 6.61 Å². The Labute approximate surface area is 158 Å². The van der Waals surface area contributed by atoms with Gasteiger partial charge in [-0.15, -0.1) is 11.8 Å². The predicted octanol–water partition coefficient (Wildman–Crippen LogP) is 3.63. The molecule has 5 nitrogen and oxygen atoms in total. The highest BCUT2D eigenvalue weighted by Crippen LogP contribution is 2.14. The van der Waals surface area contributed by atoms with Gasteiger partial charge >= 0.3 is 5.97 Å². The highest BCUT2D eigenvalue weighted by molar-refractivity contribution is 8.01. The number of carbonyl (C=O) groups excluding carboxylic acids is 2. The lowest BCUT2D eigenvalue weighted by molar-refractivity contribution is -0.142. The first-order chi connectivity index (χ1) is 12.5. The van der Waals surface area contributed by atoms with Gasteiger partial charge in [-0.25, -0.2) is 0 Å². The largest absolute Gasteiger partial charge is 0.465 e. The van der Waals surface area contributed by atoms with E-state index < -0.39 is 0 Å². The Kier molecular flexibility index (Phi) is 8.15. The van der Waals surface area contributed by atoms with Crippen LogP contribution < -0.4 is 5.32 Å². The van der Waals surface area contributed by atoms with Crippen molar-refractivity contribution in [2.24, 2.45) is 0 Å². The molecule has 0 fully saturated rings. The first-order valence-corrected chi connectivity index (χ1v) is 9.63. The van der Waals surface area contributed by atoms with Crippen LogP contribution in [0.4, 0.5) is 5.69 Å². The summed E-state index contributed by atoms with van der Waals surface area (Å²) in [7, 11) is 0. The van der Waals surface area contributed by atoms with Crippen molar-refractivity contribution in [2.45, 2.75) is 31.9 Å². The van der Waals surface area contributed by atoms with E-state index in [2.05, 4.69) is 10.3 Å². The summed E-state index contributed by atoms with van der Waals surface area (Å²) in [4.78, 5) is 28.0. The van der Waals surface area contributed by atoms with Gasteiger partial charge in [0.05, 0.1) is 12.4 Å². The molecule has 0 spiro atoms. The number of rotatable bonds is 9. The number of aromatic nitrogens is 1. The molecule has 2 aromatic rings. The van der Waals surface area contributed by atoms with Gasteiger partial charge in [0.2, 0.25) is 5.91 Å². The molecule has 6 heteroatoms. The third-order valence-corrected chi connectivity index (χ3v) is 4.83. The SMILES string of the molecule is Cc1ccc(NC(=O)CSC(C)C(=O)OCCCc2cccnc2)cc1. The molecule has 26 heavy (non-hydrogen) atoms. The molecule has 0 saturated heterocycles. The zero-order valence-corrected chi connectivity index (χ0v) is 15.9. The Morgan fingerprint density at radius 3 is 2.69 bits per heavy atom. The van der Waals surface area contributed by atoms with Gasteiger partial charge in [-0.1, -0.05) is 23.8 Å². The van der Waals surface area contributed by atoms with Gasteiger partial charge in [0.1, 0.15) is 5.25 Å². The molecule has 0 aliphatic heterocycles. The predicted molar refractivity (Wildman–Crippen MR) is 105 cm³/mol. The van der Waals surface area contributed by atoms with Gasteiger partial charge in [0.25, 0.3) is 0 Å². The van der Waals surface area contributed by atoms with Gasteiger partial charge in [-0.2, -0.15) is 0 Å². The van der Waals surface area contributed by atoms with Gasteiger partial charge in [0, 0.05) is 18.1 Å². The summed E-state index contributed by atoms with van der Waals surface area (Å²) < 4.78 is 5.28. The van der Waals surface area contributed by atoms with Crippen LogP contribution in [0.3, 0.4) is 0 Å². The number of hydrogen-bond acceptors (Lipinski definition) is 5. The number of nitrogens with zero attached hydrogens (tertiary/aromatic N) is 1. The Balaban J connectivity index is 1.61. The van der Waals surface area contributed by atoms with Crippen LogP contribution in [-0.2, 0) is 20.7 Å². The summed E-state index contributed by atoms with van der Waals surface area (Å²) in [5, 5.41) is 2.44. The minimum atomic E-state index is -0.378. The second-order valence-corrected chi connectivity index (χ2v) is 7.33. The molecule has 2 rings (SSSR count). The highest BCUT2D eigenvalue weighted by atomic mass is 32.2. The summed E-state index contributed by atoms with van der Waals surface area (Å²) in [6, 6.07) is 11.5. The van der Waals surface area contributed by atoms with Crippen molar-refractivity contribution < 1.29 is 14.3 Å². The number of hydrogen-bond donors (Lipinski definition) is 1. The van der Waals surface area contributed by atoms with Crippen LogP contribution in [-0.4, -0.2) is 34.5 Å². The fraction of sp³-hybridized carbons (Fsp3) is 0.350. The molecule has 0 bridgehead atoms. The Bertz CT molecular complexity index is 705. The maximum absolute atomic E-state index is 12.0. The quantitative estimate of drug-likeness (QED) is 0.538. The number of benzene rings is 1. The number of anilines is 1. The number of nitrogens with one attached hydrogen (secondary N) is 1. The third kappa shape index (κ3) is 7.27. The van der Waals surface area contributed by atoms with Crippen LogP contribution in [0, 0.1) is 6.92 Å². The van der Waals surface area contributed by atoms with Crippen molar-refractivity contribution in [3.63, 3.8) is 0 Å². The van der Waals surface area contributed by atoms with Gasteiger partial charge in [-0.05, 0) is 50.5 Å². The fourth-order valence-corrected chi connectivity index (χ4v) is 2.89. The van der Waals surface area contributed by atoms with Crippen molar-refractivity contribution in [1.82, 2.24) is 4.98 Å². The second kappa shape index (κ2) is 10.6. The third-order valence-electron chi connectivity index (χ3n) is 3.71. The second-order valence-electron chi connectivity index (χ2n) is 6.00. The van der Waals surface area contributed by atoms with Crippen molar-refractivity contribution in [3.05, 3.63) is 59.9 Å². The molecule has 0 aliphatic carbocycles. The standard InChI is InChI=1S/C20H24N2O3S/c1-15-7-9-18(10-8-15)22-19(23)14-26-16(2)20(24)25-12-4-6-17-5-3-11-21-13-17/h3,5,7-11,13,16H,4,6,12,14H2,1-2H3,(H,22,23). The van der Waals surface area contributed by atoms with Gasteiger partial charge in [-0.3, -0.25) is 14.6 Å².